The number of benzene rings is 2. The summed E-state index contributed by atoms with van der Waals surface area (Å²) in [6.45, 7) is -0.187. The first-order valence-electron chi connectivity index (χ1n) is 7.84. The molecule has 2 aromatic carbocycles. The number of alkyl halides is 7. The van der Waals surface area contributed by atoms with Crippen molar-refractivity contribution in [2.75, 3.05) is 0 Å². The van der Waals surface area contributed by atoms with Crippen molar-refractivity contribution in [3.05, 3.63) is 61.5 Å². The Kier molecular flexibility index (Phi) is 7.84. The van der Waals surface area contributed by atoms with E-state index in [2.05, 4.69) is 5.10 Å². The Hall–Kier alpha value is -1.62. The molecule has 0 aliphatic heterocycles. The summed E-state index contributed by atoms with van der Waals surface area (Å²) in [6.07, 6.45) is -6.01. The van der Waals surface area contributed by atoms with Crippen LogP contribution in [-0.2, 0) is 6.61 Å². The van der Waals surface area contributed by atoms with Crippen molar-refractivity contribution < 1.29 is 35.5 Å². The third-order valence-corrected chi connectivity index (χ3v) is 4.67. The maximum atomic E-state index is 13.3. The molecule has 0 heterocycles. The van der Waals surface area contributed by atoms with Gasteiger partial charge in [0.25, 0.3) is 0 Å². The Morgan fingerprint density at radius 3 is 2.06 bits per heavy atom. The van der Waals surface area contributed by atoms with E-state index in [4.69, 9.17) is 51.1 Å². The zero-order valence-electron chi connectivity index (χ0n) is 14.7. The second-order valence-electron chi connectivity index (χ2n) is 5.85. The molecular weight excluding hydrogens is 523 g/mol. The highest BCUT2D eigenvalue weighted by Gasteiger charge is 2.73. The maximum absolute atomic E-state index is 13.3. The monoisotopic (exact) mass is 530 g/mol. The molecule has 1 N–H and O–H groups in total. The number of hydrogen-bond donors (Lipinski definition) is 1. The standard InChI is InChI=1S/C17H9Cl4F7N2O/c18-10-2-1-8(12(20)4-10)7-31-14-9(3-11(19)5-13(14)21)6-29-30-17(27,28)15(22,23)16(24,25)26/h1-6,30H,7H2/b29-6-. The summed E-state index contributed by atoms with van der Waals surface area (Å²) >= 11 is 23.6. The fourth-order valence-corrected chi connectivity index (χ4v) is 3.07. The molecule has 0 aliphatic carbocycles. The van der Waals surface area contributed by atoms with Gasteiger partial charge in [0.2, 0.25) is 0 Å². The Labute approximate surface area is 190 Å². The molecule has 0 saturated carbocycles. The average molecular weight is 532 g/mol. The van der Waals surface area contributed by atoms with Crippen LogP contribution in [0.2, 0.25) is 20.1 Å². The molecule has 31 heavy (non-hydrogen) atoms. The van der Waals surface area contributed by atoms with Crippen molar-refractivity contribution in [3.8, 4) is 5.75 Å². The number of halogens is 11. The smallest absolute Gasteiger partial charge is 0.462 e. The molecule has 170 valence electrons. The van der Waals surface area contributed by atoms with Crippen molar-refractivity contribution in [1.82, 2.24) is 5.43 Å². The Balaban J connectivity index is 2.26. The van der Waals surface area contributed by atoms with Gasteiger partial charge in [-0.2, -0.15) is 35.8 Å². The summed E-state index contributed by atoms with van der Waals surface area (Å²) in [5.74, 6) is -6.55. The number of rotatable bonds is 7. The highest BCUT2D eigenvalue weighted by molar-refractivity contribution is 6.36. The van der Waals surface area contributed by atoms with Crippen molar-refractivity contribution in [2.24, 2.45) is 5.10 Å². The zero-order chi connectivity index (χ0) is 23.6. The fourth-order valence-electron chi connectivity index (χ4n) is 2.05. The first-order valence-corrected chi connectivity index (χ1v) is 9.35. The van der Waals surface area contributed by atoms with E-state index in [9.17, 15) is 30.7 Å². The number of ether oxygens (including phenoxy) is 1. The number of nitrogens with one attached hydrogen (secondary N) is 1. The van der Waals surface area contributed by atoms with Crippen LogP contribution in [0.5, 0.6) is 5.75 Å². The van der Waals surface area contributed by atoms with Crippen molar-refractivity contribution in [3.63, 3.8) is 0 Å². The molecule has 0 saturated heterocycles. The van der Waals surface area contributed by atoms with Gasteiger partial charge in [-0.15, -0.1) is 0 Å². The minimum atomic E-state index is -6.51. The molecule has 0 amide bonds. The maximum Gasteiger partial charge on any atom is 0.462 e. The summed E-state index contributed by atoms with van der Waals surface area (Å²) in [5, 5.41) is 3.23. The summed E-state index contributed by atoms with van der Waals surface area (Å²) in [7, 11) is 0. The van der Waals surface area contributed by atoms with Crippen LogP contribution >= 0.6 is 46.4 Å². The Morgan fingerprint density at radius 1 is 0.871 bits per heavy atom. The van der Waals surface area contributed by atoms with Gasteiger partial charge in [-0.1, -0.05) is 52.5 Å². The van der Waals surface area contributed by atoms with Gasteiger partial charge in [0, 0.05) is 26.2 Å². The molecule has 0 bridgehead atoms. The molecule has 0 aromatic heterocycles. The van der Waals surface area contributed by atoms with Crippen LogP contribution < -0.4 is 10.2 Å². The topological polar surface area (TPSA) is 33.6 Å². The minimum absolute atomic E-state index is 0.0179. The van der Waals surface area contributed by atoms with E-state index in [1.807, 2.05) is 0 Å². The number of nitrogens with zero attached hydrogens (tertiary/aromatic N) is 1. The quantitative estimate of drug-likeness (QED) is 0.173. The van der Waals surface area contributed by atoms with Gasteiger partial charge in [-0.25, -0.2) is 5.43 Å². The normalized spacial score (nSPS) is 13.0. The summed E-state index contributed by atoms with van der Waals surface area (Å²) < 4.78 is 94.4. The molecule has 14 heteroatoms. The predicted octanol–water partition coefficient (Wildman–Crippen LogP) is 7.59. The van der Waals surface area contributed by atoms with Gasteiger partial charge >= 0.3 is 18.1 Å². The van der Waals surface area contributed by atoms with Crippen molar-refractivity contribution in [1.29, 1.82) is 0 Å². The first-order chi connectivity index (χ1) is 14.2. The van der Waals surface area contributed by atoms with Gasteiger partial charge in [-0.05, 0) is 24.3 Å². The molecule has 0 fully saturated rings. The summed E-state index contributed by atoms with van der Waals surface area (Å²) in [5.41, 5.74) is 0.758. The highest BCUT2D eigenvalue weighted by atomic mass is 35.5. The van der Waals surface area contributed by atoms with Gasteiger partial charge in [0.15, 0.2) is 0 Å². The van der Waals surface area contributed by atoms with E-state index in [1.54, 1.807) is 0 Å². The summed E-state index contributed by atoms with van der Waals surface area (Å²) in [6, 6.07) is 1.08. The molecule has 0 unspecified atom stereocenters. The second-order valence-corrected chi connectivity index (χ2v) is 7.53. The average Bonchev–Trinajstić information content (AvgIpc) is 2.61. The molecular formula is C17H9Cl4F7N2O. The molecule has 2 rings (SSSR count). The van der Waals surface area contributed by atoms with Crippen LogP contribution in [0, 0.1) is 0 Å². The third-order valence-electron chi connectivity index (χ3n) is 3.58. The lowest BCUT2D eigenvalue weighted by Gasteiger charge is -2.27. The van der Waals surface area contributed by atoms with Gasteiger partial charge in [0.1, 0.15) is 12.4 Å². The third kappa shape index (κ3) is 6.00. The van der Waals surface area contributed by atoms with Crippen LogP contribution in [0.4, 0.5) is 30.7 Å². The van der Waals surface area contributed by atoms with E-state index in [-0.39, 0.29) is 33.0 Å². The van der Waals surface area contributed by atoms with Crippen LogP contribution in [0.25, 0.3) is 0 Å². The lowest BCUT2D eigenvalue weighted by Crippen LogP contribution is -2.58. The molecule has 0 aliphatic rings. The largest absolute Gasteiger partial charge is 0.487 e. The van der Waals surface area contributed by atoms with Gasteiger partial charge in [0.05, 0.1) is 11.2 Å². The predicted molar refractivity (Wildman–Crippen MR) is 104 cm³/mol. The number of hydrazone groups is 1. The Bertz CT molecular complexity index is 984. The molecule has 3 nitrogen and oxygen atoms in total. The van der Waals surface area contributed by atoms with Crippen LogP contribution in [0.15, 0.2) is 35.4 Å². The molecule has 0 radical (unpaired) electrons. The lowest BCUT2D eigenvalue weighted by atomic mass is 10.2. The molecule has 0 spiro atoms. The van der Waals surface area contributed by atoms with E-state index in [0.717, 1.165) is 6.07 Å². The fraction of sp³-hybridized carbons (Fsp3) is 0.235. The van der Waals surface area contributed by atoms with E-state index >= 15 is 0 Å². The molecule has 0 atom stereocenters. The van der Waals surface area contributed by atoms with Crippen molar-refractivity contribution in [2.45, 2.75) is 24.8 Å². The van der Waals surface area contributed by atoms with E-state index in [1.165, 1.54) is 24.3 Å². The lowest BCUT2D eigenvalue weighted by molar-refractivity contribution is -0.361. The van der Waals surface area contributed by atoms with Crippen LogP contribution in [0.1, 0.15) is 11.1 Å². The number of hydrogen-bond acceptors (Lipinski definition) is 3. The summed E-state index contributed by atoms with van der Waals surface area (Å²) in [4.78, 5) is 0. The molecule has 2 aromatic rings. The van der Waals surface area contributed by atoms with Crippen LogP contribution in [0.3, 0.4) is 0 Å². The zero-order valence-corrected chi connectivity index (χ0v) is 17.7. The van der Waals surface area contributed by atoms with Gasteiger partial charge < -0.3 is 4.74 Å². The minimum Gasteiger partial charge on any atom is -0.487 e. The van der Waals surface area contributed by atoms with E-state index < -0.39 is 18.1 Å². The highest BCUT2D eigenvalue weighted by Crippen LogP contribution is 2.45. The van der Waals surface area contributed by atoms with Crippen LogP contribution in [-0.4, -0.2) is 24.4 Å². The van der Waals surface area contributed by atoms with Gasteiger partial charge in [-0.3, -0.25) is 0 Å². The SMILES string of the molecule is FC(F)(F)C(F)(F)C(F)(F)N/N=C\c1cc(Cl)cc(Cl)c1OCc1ccc(Cl)cc1Cl. The second kappa shape index (κ2) is 9.48. The van der Waals surface area contributed by atoms with Crippen molar-refractivity contribution >= 4 is 52.6 Å². The Morgan fingerprint density at radius 2 is 1.48 bits per heavy atom. The first kappa shape index (κ1) is 25.6. The van der Waals surface area contributed by atoms with E-state index in [0.29, 0.717) is 22.2 Å².